The summed E-state index contributed by atoms with van der Waals surface area (Å²) in [6, 6.07) is 5.22. The zero-order valence-corrected chi connectivity index (χ0v) is 10.7. The van der Waals surface area contributed by atoms with Gasteiger partial charge in [-0.1, -0.05) is 25.5 Å². The Labute approximate surface area is 102 Å². The van der Waals surface area contributed by atoms with E-state index >= 15 is 0 Å². The third-order valence-electron chi connectivity index (χ3n) is 3.37. The normalized spacial score (nSPS) is 11.1. The molecule has 1 nitrogen and oxygen atoms in total. The van der Waals surface area contributed by atoms with E-state index in [4.69, 9.17) is 0 Å². The van der Waals surface area contributed by atoms with Gasteiger partial charge in [-0.3, -0.25) is 0 Å². The van der Waals surface area contributed by atoms with Gasteiger partial charge in [0.15, 0.2) is 0 Å². The summed E-state index contributed by atoms with van der Waals surface area (Å²) in [5.41, 5.74) is 3.92. The highest BCUT2D eigenvalue weighted by Gasteiger charge is 2.11. The summed E-state index contributed by atoms with van der Waals surface area (Å²) < 4.78 is 13.7. The number of hydrogen-bond donors (Lipinski definition) is 0. The molecule has 2 aromatic rings. The highest BCUT2D eigenvalue weighted by Crippen LogP contribution is 2.26. The van der Waals surface area contributed by atoms with Crippen LogP contribution in [0.2, 0.25) is 0 Å². The molecule has 1 heterocycles. The van der Waals surface area contributed by atoms with Gasteiger partial charge < -0.3 is 0 Å². The van der Waals surface area contributed by atoms with Crippen LogP contribution >= 0.6 is 0 Å². The monoisotopic (exact) mass is 231 g/mol. The Hall–Kier alpha value is -1.44. The van der Waals surface area contributed by atoms with E-state index in [1.165, 1.54) is 17.2 Å². The first kappa shape index (κ1) is 12.0. The largest absolute Gasteiger partial charge is 0.250 e. The van der Waals surface area contributed by atoms with Crippen molar-refractivity contribution in [2.24, 2.45) is 0 Å². The van der Waals surface area contributed by atoms with Gasteiger partial charge in [0.2, 0.25) is 0 Å². The number of unbranched alkanes of at least 4 members (excludes halogenated alkanes) is 1. The lowest BCUT2D eigenvalue weighted by molar-refractivity contribution is 0.636. The molecule has 0 unspecified atom stereocenters. The number of rotatable bonds is 3. The van der Waals surface area contributed by atoms with E-state index < -0.39 is 0 Å². The lowest BCUT2D eigenvalue weighted by Crippen LogP contribution is -1.99. The number of fused-ring (bicyclic) bond motifs is 1. The molecule has 0 aliphatic rings. The number of aryl methyl sites for hydroxylation is 2. The molecule has 0 atom stereocenters. The molecule has 90 valence electrons. The Kier molecular flexibility index (Phi) is 3.41. The number of aromatic nitrogens is 1. The summed E-state index contributed by atoms with van der Waals surface area (Å²) in [6.07, 6.45) is 3.29. The van der Waals surface area contributed by atoms with Gasteiger partial charge in [-0.05, 0) is 43.9 Å². The van der Waals surface area contributed by atoms with Gasteiger partial charge in [-0.2, -0.15) is 0 Å². The molecule has 0 spiro atoms. The summed E-state index contributed by atoms with van der Waals surface area (Å²) in [5.74, 6) is -0.219. The van der Waals surface area contributed by atoms with Crippen molar-refractivity contribution in [1.82, 2.24) is 4.98 Å². The number of benzene rings is 1. The smallest absolute Gasteiger partial charge is 0.149 e. The highest BCUT2D eigenvalue weighted by atomic mass is 19.1. The highest BCUT2D eigenvalue weighted by molar-refractivity contribution is 5.84. The standard InChI is InChI=1S/C15H18FN/c1-4-5-7-12-10(2)11(3)17-15-13(12)8-6-9-14(15)16/h6,8-9H,4-5,7H2,1-3H3. The van der Waals surface area contributed by atoms with E-state index in [2.05, 4.69) is 18.8 Å². The minimum absolute atomic E-state index is 0.219. The van der Waals surface area contributed by atoms with Gasteiger partial charge in [-0.25, -0.2) is 9.37 Å². The van der Waals surface area contributed by atoms with E-state index in [1.54, 1.807) is 6.07 Å². The molecule has 0 aliphatic heterocycles. The van der Waals surface area contributed by atoms with Crippen LogP contribution in [-0.2, 0) is 6.42 Å². The van der Waals surface area contributed by atoms with Gasteiger partial charge in [0.05, 0.1) is 0 Å². The first-order valence-electron chi connectivity index (χ1n) is 6.19. The zero-order chi connectivity index (χ0) is 12.4. The zero-order valence-electron chi connectivity index (χ0n) is 10.7. The minimum atomic E-state index is -0.219. The lowest BCUT2D eigenvalue weighted by atomic mass is 9.97. The second kappa shape index (κ2) is 4.82. The van der Waals surface area contributed by atoms with Crippen molar-refractivity contribution in [3.8, 4) is 0 Å². The second-order valence-corrected chi connectivity index (χ2v) is 4.54. The maximum absolute atomic E-state index is 13.7. The summed E-state index contributed by atoms with van der Waals surface area (Å²) >= 11 is 0. The van der Waals surface area contributed by atoms with Crippen molar-refractivity contribution in [1.29, 1.82) is 0 Å². The first-order chi connectivity index (χ1) is 8.15. The van der Waals surface area contributed by atoms with Gasteiger partial charge in [0.25, 0.3) is 0 Å². The summed E-state index contributed by atoms with van der Waals surface area (Å²) in [4.78, 5) is 4.37. The predicted molar refractivity (Wildman–Crippen MR) is 69.8 cm³/mol. The van der Waals surface area contributed by atoms with Crippen molar-refractivity contribution < 1.29 is 4.39 Å². The first-order valence-corrected chi connectivity index (χ1v) is 6.19. The Morgan fingerprint density at radius 3 is 2.71 bits per heavy atom. The van der Waals surface area contributed by atoms with Crippen LogP contribution in [0, 0.1) is 19.7 Å². The third-order valence-corrected chi connectivity index (χ3v) is 3.37. The second-order valence-electron chi connectivity index (χ2n) is 4.54. The third kappa shape index (κ3) is 2.17. The summed E-state index contributed by atoms with van der Waals surface area (Å²) in [5, 5.41) is 0.974. The van der Waals surface area contributed by atoms with Crippen molar-refractivity contribution in [3.63, 3.8) is 0 Å². The SMILES string of the molecule is CCCCc1c(C)c(C)nc2c(F)cccc12. The fourth-order valence-electron chi connectivity index (χ4n) is 2.22. The molecule has 2 rings (SSSR count). The van der Waals surface area contributed by atoms with E-state index in [0.717, 1.165) is 30.3 Å². The Morgan fingerprint density at radius 1 is 1.24 bits per heavy atom. The van der Waals surface area contributed by atoms with Gasteiger partial charge >= 0.3 is 0 Å². The number of hydrogen-bond acceptors (Lipinski definition) is 1. The summed E-state index contributed by atoms with van der Waals surface area (Å²) in [7, 11) is 0. The number of pyridine rings is 1. The average Bonchev–Trinajstić information content (AvgIpc) is 2.31. The lowest BCUT2D eigenvalue weighted by Gasteiger charge is -2.12. The van der Waals surface area contributed by atoms with Gasteiger partial charge in [0, 0.05) is 11.1 Å². The molecule has 0 bridgehead atoms. The number of nitrogens with zero attached hydrogens (tertiary/aromatic N) is 1. The molecule has 0 radical (unpaired) electrons. The van der Waals surface area contributed by atoms with Crippen LogP contribution in [0.5, 0.6) is 0 Å². The quantitative estimate of drug-likeness (QED) is 0.766. The molecular weight excluding hydrogens is 213 g/mol. The predicted octanol–water partition coefficient (Wildman–Crippen LogP) is 4.33. The molecule has 0 fully saturated rings. The van der Waals surface area contributed by atoms with E-state index in [0.29, 0.717) is 5.52 Å². The maximum Gasteiger partial charge on any atom is 0.149 e. The Balaban J connectivity index is 2.69. The molecule has 0 N–H and O–H groups in total. The van der Waals surface area contributed by atoms with Crippen LogP contribution in [0.15, 0.2) is 18.2 Å². The minimum Gasteiger partial charge on any atom is -0.250 e. The molecule has 1 aromatic carbocycles. The molecule has 0 amide bonds. The van der Waals surface area contributed by atoms with E-state index in [1.807, 2.05) is 13.0 Å². The van der Waals surface area contributed by atoms with Crippen LogP contribution in [0.25, 0.3) is 10.9 Å². The van der Waals surface area contributed by atoms with E-state index in [9.17, 15) is 4.39 Å². The molecule has 2 heteroatoms. The Morgan fingerprint density at radius 2 is 2.00 bits per heavy atom. The summed E-state index contributed by atoms with van der Waals surface area (Å²) in [6.45, 7) is 6.21. The van der Waals surface area contributed by atoms with Gasteiger partial charge in [-0.15, -0.1) is 0 Å². The molecule has 0 saturated heterocycles. The van der Waals surface area contributed by atoms with Crippen molar-refractivity contribution in [2.45, 2.75) is 40.0 Å². The van der Waals surface area contributed by atoms with Crippen molar-refractivity contribution in [3.05, 3.63) is 40.8 Å². The number of para-hydroxylation sites is 1. The van der Waals surface area contributed by atoms with Crippen LogP contribution in [-0.4, -0.2) is 4.98 Å². The molecular formula is C15H18FN. The van der Waals surface area contributed by atoms with Gasteiger partial charge in [0.1, 0.15) is 11.3 Å². The van der Waals surface area contributed by atoms with Crippen LogP contribution < -0.4 is 0 Å². The van der Waals surface area contributed by atoms with Crippen LogP contribution in [0.1, 0.15) is 36.6 Å². The van der Waals surface area contributed by atoms with Crippen LogP contribution in [0.3, 0.4) is 0 Å². The average molecular weight is 231 g/mol. The molecule has 1 aromatic heterocycles. The fourth-order valence-corrected chi connectivity index (χ4v) is 2.22. The maximum atomic E-state index is 13.7. The van der Waals surface area contributed by atoms with E-state index in [-0.39, 0.29) is 5.82 Å². The van der Waals surface area contributed by atoms with Crippen LogP contribution in [0.4, 0.5) is 4.39 Å². The van der Waals surface area contributed by atoms with Crippen molar-refractivity contribution in [2.75, 3.05) is 0 Å². The topological polar surface area (TPSA) is 12.9 Å². The Bertz CT molecular complexity index is 546. The molecule has 0 aliphatic carbocycles. The number of halogens is 1. The molecule has 0 saturated carbocycles. The van der Waals surface area contributed by atoms with Crippen molar-refractivity contribution >= 4 is 10.9 Å². The fraction of sp³-hybridized carbons (Fsp3) is 0.400. The molecule has 17 heavy (non-hydrogen) atoms.